The molecule has 0 spiro atoms. The lowest BCUT2D eigenvalue weighted by Gasteiger charge is -2.01. The van der Waals surface area contributed by atoms with Crippen molar-refractivity contribution in [2.45, 2.75) is 13.0 Å². The van der Waals surface area contributed by atoms with Crippen molar-refractivity contribution in [1.82, 2.24) is 4.57 Å². The molecule has 0 amide bonds. The van der Waals surface area contributed by atoms with E-state index in [0.717, 1.165) is 10.6 Å². The molecular weight excluding hydrogens is 323 g/mol. The number of benzene rings is 1. The summed E-state index contributed by atoms with van der Waals surface area (Å²) in [4.78, 5) is 43.8. The van der Waals surface area contributed by atoms with Crippen molar-refractivity contribution in [1.29, 1.82) is 0 Å². The van der Waals surface area contributed by atoms with E-state index in [0.29, 0.717) is 5.56 Å². The van der Waals surface area contributed by atoms with Crippen molar-refractivity contribution in [2.24, 2.45) is 0 Å². The average molecular weight is 334 g/mol. The van der Waals surface area contributed by atoms with Gasteiger partial charge in [0.1, 0.15) is 18.6 Å². The van der Waals surface area contributed by atoms with Crippen LogP contribution < -0.4 is 0 Å². The van der Waals surface area contributed by atoms with Gasteiger partial charge in [-0.1, -0.05) is 12.1 Å². The Kier molecular flexibility index (Phi) is 4.83. The molecular formula is C15H11FN2O6. The Morgan fingerprint density at radius 2 is 1.83 bits per heavy atom. The number of carbonyl (C=O) groups excluding carboxylic acids is 2. The summed E-state index contributed by atoms with van der Waals surface area (Å²) in [5.74, 6) is -4.73. The van der Waals surface area contributed by atoms with Gasteiger partial charge in [-0.3, -0.25) is 9.59 Å². The molecule has 0 radical (unpaired) electrons. The van der Waals surface area contributed by atoms with Gasteiger partial charge in [-0.15, -0.1) is 0 Å². The summed E-state index contributed by atoms with van der Waals surface area (Å²) in [5, 5.41) is 19.6. The third-order valence-electron chi connectivity index (χ3n) is 3.21. The van der Waals surface area contributed by atoms with Crippen LogP contribution in [0.15, 0.2) is 36.5 Å². The average Bonchev–Trinajstić information content (AvgIpc) is 2.93. The molecule has 1 N–H and O–H groups in total. The first kappa shape index (κ1) is 17.0. The van der Waals surface area contributed by atoms with Gasteiger partial charge in [0.25, 0.3) is 0 Å². The Balaban J connectivity index is 2.28. The molecule has 0 unspecified atom stereocenters. The van der Waals surface area contributed by atoms with Crippen LogP contribution >= 0.6 is 0 Å². The number of carbonyl (C=O) groups is 3. The molecule has 1 aromatic carbocycles. The molecule has 0 saturated carbocycles. The lowest BCUT2D eigenvalue weighted by Crippen LogP contribution is -2.16. The van der Waals surface area contributed by atoms with Gasteiger partial charge in [-0.05, 0) is 22.6 Å². The third kappa shape index (κ3) is 3.88. The summed E-state index contributed by atoms with van der Waals surface area (Å²) < 4.78 is 14.0. The second-order valence-corrected chi connectivity index (χ2v) is 4.93. The standard InChI is InChI=1S/C15H11FN2O6/c16-11-3-1-9(2-4-11)7-17-8-10(5-14(17)18(23)24)12(19)6-13(20)15(21)22/h1-5,8H,6-7H2,(H,21,22). The lowest BCUT2D eigenvalue weighted by atomic mass is 10.1. The van der Waals surface area contributed by atoms with E-state index in [2.05, 4.69) is 0 Å². The second kappa shape index (κ2) is 6.82. The van der Waals surface area contributed by atoms with Crippen molar-refractivity contribution in [3.05, 3.63) is 63.6 Å². The molecule has 9 heteroatoms. The van der Waals surface area contributed by atoms with E-state index in [9.17, 15) is 28.9 Å². The minimum Gasteiger partial charge on any atom is -0.475 e. The Hall–Kier alpha value is -3.36. The number of hydrogen-bond donors (Lipinski definition) is 1. The van der Waals surface area contributed by atoms with Crippen molar-refractivity contribution in [2.75, 3.05) is 0 Å². The summed E-state index contributed by atoms with van der Waals surface area (Å²) in [6.45, 7) is 0.0107. The highest BCUT2D eigenvalue weighted by atomic mass is 19.1. The SMILES string of the molecule is O=C(O)C(=O)CC(=O)c1cc([N+](=O)[O-])n(Cc2ccc(F)cc2)c1. The fourth-order valence-corrected chi connectivity index (χ4v) is 2.04. The molecule has 0 bridgehead atoms. The Morgan fingerprint density at radius 3 is 2.38 bits per heavy atom. The quantitative estimate of drug-likeness (QED) is 0.271. The van der Waals surface area contributed by atoms with E-state index in [-0.39, 0.29) is 12.1 Å². The molecule has 0 atom stereocenters. The molecule has 0 aliphatic carbocycles. The molecule has 0 aliphatic heterocycles. The first-order chi connectivity index (χ1) is 11.3. The van der Waals surface area contributed by atoms with E-state index in [4.69, 9.17) is 5.11 Å². The molecule has 24 heavy (non-hydrogen) atoms. The lowest BCUT2D eigenvalue weighted by molar-refractivity contribution is -0.391. The van der Waals surface area contributed by atoms with Crippen LogP contribution in [0.25, 0.3) is 0 Å². The third-order valence-corrected chi connectivity index (χ3v) is 3.21. The zero-order valence-electron chi connectivity index (χ0n) is 12.1. The van der Waals surface area contributed by atoms with Crippen LogP contribution in [0.1, 0.15) is 22.3 Å². The molecule has 2 rings (SSSR count). The number of aliphatic carboxylic acids is 1. The fourth-order valence-electron chi connectivity index (χ4n) is 2.04. The number of nitro groups is 1. The maximum absolute atomic E-state index is 12.9. The predicted octanol–water partition coefficient (Wildman–Crippen LogP) is 1.81. The van der Waals surface area contributed by atoms with Gasteiger partial charge in [-0.25, -0.2) is 13.8 Å². The van der Waals surface area contributed by atoms with Crippen LogP contribution in [0.4, 0.5) is 10.2 Å². The molecule has 1 heterocycles. The summed E-state index contributed by atoms with van der Waals surface area (Å²) in [5.41, 5.74) is 0.425. The Labute approximate surface area is 134 Å². The number of nitrogens with zero attached hydrogens (tertiary/aromatic N) is 2. The highest BCUT2D eigenvalue weighted by Gasteiger charge is 2.24. The fraction of sp³-hybridized carbons (Fsp3) is 0.133. The van der Waals surface area contributed by atoms with Gasteiger partial charge in [0, 0.05) is 6.07 Å². The first-order valence-electron chi connectivity index (χ1n) is 6.66. The molecule has 124 valence electrons. The maximum atomic E-state index is 12.9. The number of rotatable bonds is 7. The molecule has 0 saturated heterocycles. The van der Waals surface area contributed by atoms with Crippen LogP contribution in [0.5, 0.6) is 0 Å². The van der Waals surface area contributed by atoms with Crippen LogP contribution in [-0.2, 0) is 16.1 Å². The number of aromatic nitrogens is 1. The number of hydrogen-bond acceptors (Lipinski definition) is 5. The minimum atomic E-state index is -1.75. The van der Waals surface area contributed by atoms with Gasteiger partial charge in [-0.2, -0.15) is 0 Å². The number of ketones is 2. The van der Waals surface area contributed by atoms with Crippen LogP contribution in [0.2, 0.25) is 0 Å². The van der Waals surface area contributed by atoms with E-state index in [1.807, 2.05) is 0 Å². The van der Waals surface area contributed by atoms with Crippen LogP contribution in [0, 0.1) is 15.9 Å². The van der Waals surface area contributed by atoms with E-state index >= 15 is 0 Å². The van der Waals surface area contributed by atoms with Gasteiger partial charge in [0.15, 0.2) is 5.78 Å². The highest BCUT2D eigenvalue weighted by molar-refractivity contribution is 6.37. The number of carboxylic acid groups (broad SMARTS) is 1. The predicted molar refractivity (Wildman–Crippen MR) is 78.2 cm³/mol. The van der Waals surface area contributed by atoms with E-state index in [1.54, 1.807) is 0 Å². The molecule has 0 fully saturated rings. The molecule has 1 aromatic heterocycles. The number of halogens is 1. The number of Topliss-reactive ketones (excluding diaryl/α,β-unsaturated/α-hetero) is 2. The van der Waals surface area contributed by atoms with Crippen molar-refractivity contribution >= 4 is 23.4 Å². The Bertz CT molecular complexity index is 825. The minimum absolute atomic E-state index is 0.0107. The second-order valence-electron chi connectivity index (χ2n) is 4.93. The van der Waals surface area contributed by atoms with Crippen molar-refractivity contribution in [3.8, 4) is 0 Å². The van der Waals surface area contributed by atoms with Crippen LogP contribution in [0.3, 0.4) is 0 Å². The zero-order chi connectivity index (χ0) is 17.9. The summed E-state index contributed by atoms with van der Waals surface area (Å²) >= 11 is 0. The molecule has 2 aromatic rings. The van der Waals surface area contributed by atoms with Gasteiger partial charge in [0.05, 0.1) is 12.0 Å². The van der Waals surface area contributed by atoms with E-state index < -0.39 is 40.5 Å². The van der Waals surface area contributed by atoms with Gasteiger partial charge < -0.3 is 15.2 Å². The van der Waals surface area contributed by atoms with Crippen molar-refractivity contribution < 1.29 is 28.8 Å². The van der Waals surface area contributed by atoms with E-state index in [1.165, 1.54) is 30.5 Å². The zero-order valence-corrected chi connectivity index (χ0v) is 12.1. The van der Waals surface area contributed by atoms with Crippen LogP contribution in [-0.4, -0.2) is 32.1 Å². The first-order valence-corrected chi connectivity index (χ1v) is 6.66. The normalized spacial score (nSPS) is 10.4. The van der Waals surface area contributed by atoms with Gasteiger partial charge in [0.2, 0.25) is 5.78 Å². The molecule has 8 nitrogen and oxygen atoms in total. The molecule has 0 aliphatic rings. The largest absolute Gasteiger partial charge is 0.475 e. The topological polar surface area (TPSA) is 120 Å². The maximum Gasteiger partial charge on any atom is 0.372 e. The van der Waals surface area contributed by atoms with Crippen molar-refractivity contribution in [3.63, 3.8) is 0 Å². The monoisotopic (exact) mass is 334 g/mol. The summed E-state index contributed by atoms with van der Waals surface area (Å²) in [6.07, 6.45) is 0.284. The summed E-state index contributed by atoms with van der Waals surface area (Å²) in [7, 11) is 0. The Morgan fingerprint density at radius 1 is 1.21 bits per heavy atom. The highest BCUT2D eigenvalue weighted by Crippen LogP contribution is 2.20. The smallest absolute Gasteiger partial charge is 0.372 e. The van der Waals surface area contributed by atoms with Gasteiger partial charge >= 0.3 is 11.8 Å². The number of carboxylic acids is 1. The summed E-state index contributed by atoms with van der Waals surface area (Å²) in [6, 6.07) is 6.24.